The molecule has 1 N–H and O–H groups in total. The van der Waals surface area contributed by atoms with Crippen LogP contribution in [0.15, 0.2) is 12.2 Å². The molecule has 0 radical (unpaired) electrons. The standard InChI is InChI=1S/C14H28N2O/c1-5-8-15-9-13-6-7-14(17-13)11-16(4)10-12(2)3/h13-15H,2,5-11H2,1,3-4H3. The molecule has 0 aromatic rings. The maximum atomic E-state index is 6.03. The SMILES string of the molecule is C=C(C)CN(C)CC1CCC(CNCCC)O1. The van der Waals surface area contributed by atoms with Gasteiger partial charge in [-0.1, -0.05) is 19.1 Å². The molecule has 0 aromatic carbocycles. The highest BCUT2D eigenvalue weighted by atomic mass is 16.5. The van der Waals surface area contributed by atoms with E-state index in [1.165, 1.54) is 24.8 Å². The summed E-state index contributed by atoms with van der Waals surface area (Å²) in [5, 5.41) is 3.43. The van der Waals surface area contributed by atoms with Crippen LogP contribution in [-0.2, 0) is 4.74 Å². The molecule has 1 heterocycles. The van der Waals surface area contributed by atoms with Crippen molar-refractivity contribution in [2.24, 2.45) is 0 Å². The number of hydrogen-bond acceptors (Lipinski definition) is 3. The quantitative estimate of drug-likeness (QED) is 0.519. The van der Waals surface area contributed by atoms with Crippen molar-refractivity contribution in [2.45, 2.75) is 45.3 Å². The number of rotatable bonds is 8. The molecule has 3 heteroatoms. The van der Waals surface area contributed by atoms with E-state index in [4.69, 9.17) is 4.74 Å². The van der Waals surface area contributed by atoms with Gasteiger partial charge in [0.25, 0.3) is 0 Å². The minimum Gasteiger partial charge on any atom is -0.372 e. The van der Waals surface area contributed by atoms with E-state index in [2.05, 4.69) is 37.7 Å². The summed E-state index contributed by atoms with van der Waals surface area (Å²) in [4.78, 5) is 2.30. The molecule has 3 nitrogen and oxygen atoms in total. The first-order valence-electron chi connectivity index (χ1n) is 6.81. The Labute approximate surface area is 106 Å². The topological polar surface area (TPSA) is 24.5 Å². The third-order valence-electron chi connectivity index (χ3n) is 3.05. The van der Waals surface area contributed by atoms with Gasteiger partial charge in [-0.2, -0.15) is 0 Å². The van der Waals surface area contributed by atoms with E-state index in [-0.39, 0.29) is 0 Å². The van der Waals surface area contributed by atoms with Gasteiger partial charge in [-0.15, -0.1) is 0 Å². The van der Waals surface area contributed by atoms with Crippen LogP contribution in [0.5, 0.6) is 0 Å². The molecular weight excluding hydrogens is 212 g/mol. The fourth-order valence-electron chi connectivity index (χ4n) is 2.38. The van der Waals surface area contributed by atoms with Gasteiger partial charge in [0, 0.05) is 19.6 Å². The van der Waals surface area contributed by atoms with Crippen molar-refractivity contribution in [2.75, 3.05) is 33.2 Å². The van der Waals surface area contributed by atoms with Crippen molar-refractivity contribution in [3.8, 4) is 0 Å². The molecule has 1 fully saturated rings. The van der Waals surface area contributed by atoms with Gasteiger partial charge >= 0.3 is 0 Å². The molecule has 0 spiro atoms. The predicted molar refractivity (Wildman–Crippen MR) is 73.4 cm³/mol. The number of nitrogens with one attached hydrogen (secondary N) is 1. The Kier molecular flexibility index (Phi) is 6.78. The highest BCUT2D eigenvalue weighted by molar-refractivity contribution is 4.91. The van der Waals surface area contributed by atoms with Gasteiger partial charge in [0.1, 0.15) is 0 Å². The Bertz CT molecular complexity index is 230. The number of hydrogen-bond donors (Lipinski definition) is 1. The van der Waals surface area contributed by atoms with E-state index >= 15 is 0 Å². The van der Waals surface area contributed by atoms with E-state index in [1.807, 2.05) is 0 Å². The molecule has 1 rings (SSSR count). The molecule has 17 heavy (non-hydrogen) atoms. The van der Waals surface area contributed by atoms with Crippen molar-refractivity contribution < 1.29 is 4.74 Å². The van der Waals surface area contributed by atoms with Crippen molar-refractivity contribution in [1.29, 1.82) is 0 Å². The summed E-state index contributed by atoms with van der Waals surface area (Å²) in [6, 6.07) is 0. The van der Waals surface area contributed by atoms with Crippen LogP contribution in [-0.4, -0.2) is 50.3 Å². The van der Waals surface area contributed by atoms with Gasteiger partial charge in [0.2, 0.25) is 0 Å². The Balaban J connectivity index is 2.14. The fraction of sp³-hybridized carbons (Fsp3) is 0.857. The second-order valence-electron chi connectivity index (χ2n) is 5.32. The summed E-state index contributed by atoms with van der Waals surface area (Å²) >= 11 is 0. The smallest absolute Gasteiger partial charge is 0.0707 e. The second kappa shape index (κ2) is 7.85. The molecule has 1 saturated heterocycles. The van der Waals surface area contributed by atoms with E-state index in [0.717, 1.165) is 26.2 Å². The van der Waals surface area contributed by atoms with Crippen molar-refractivity contribution in [3.05, 3.63) is 12.2 Å². The minimum atomic E-state index is 0.410. The largest absolute Gasteiger partial charge is 0.372 e. The van der Waals surface area contributed by atoms with E-state index in [1.54, 1.807) is 0 Å². The van der Waals surface area contributed by atoms with Crippen LogP contribution in [0.1, 0.15) is 33.1 Å². The van der Waals surface area contributed by atoms with E-state index in [9.17, 15) is 0 Å². The first-order chi connectivity index (χ1) is 8.11. The van der Waals surface area contributed by atoms with E-state index in [0.29, 0.717) is 12.2 Å². The fourth-order valence-corrected chi connectivity index (χ4v) is 2.38. The van der Waals surface area contributed by atoms with Crippen LogP contribution in [0.4, 0.5) is 0 Å². The Morgan fingerprint density at radius 1 is 1.41 bits per heavy atom. The van der Waals surface area contributed by atoms with Crippen LogP contribution in [0.3, 0.4) is 0 Å². The molecule has 0 amide bonds. The zero-order chi connectivity index (χ0) is 12.7. The third kappa shape index (κ3) is 6.20. The zero-order valence-electron chi connectivity index (χ0n) is 11.7. The number of ether oxygens (including phenoxy) is 1. The maximum absolute atomic E-state index is 6.03. The monoisotopic (exact) mass is 240 g/mol. The van der Waals surface area contributed by atoms with Crippen LogP contribution in [0.2, 0.25) is 0 Å². The zero-order valence-corrected chi connectivity index (χ0v) is 11.7. The Hall–Kier alpha value is -0.380. The van der Waals surface area contributed by atoms with Gasteiger partial charge in [-0.05, 0) is 39.8 Å². The lowest BCUT2D eigenvalue weighted by atomic mass is 10.2. The predicted octanol–water partition coefficient (Wildman–Crippen LogP) is 2.04. The first-order valence-corrected chi connectivity index (χ1v) is 6.81. The van der Waals surface area contributed by atoms with Crippen LogP contribution >= 0.6 is 0 Å². The van der Waals surface area contributed by atoms with E-state index < -0.39 is 0 Å². The Morgan fingerprint density at radius 3 is 2.76 bits per heavy atom. The summed E-state index contributed by atoms with van der Waals surface area (Å²) < 4.78 is 6.03. The lowest BCUT2D eigenvalue weighted by Gasteiger charge is -2.21. The molecule has 1 aliphatic heterocycles. The second-order valence-corrected chi connectivity index (χ2v) is 5.32. The lowest BCUT2D eigenvalue weighted by molar-refractivity contribution is 0.0294. The maximum Gasteiger partial charge on any atom is 0.0707 e. The molecule has 1 aliphatic rings. The molecule has 100 valence electrons. The van der Waals surface area contributed by atoms with Gasteiger partial charge < -0.3 is 10.1 Å². The summed E-state index contributed by atoms with van der Waals surface area (Å²) in [5.74, 6) is 0. The molecule has 0 bridgehead atoms. The minimum absolute atomic E-state index is 0.410. The van der Waals surface area contributed by atoms with Crippen LogP contribution in [0.25, 0.3) is 0 Å². The van der Waals surface area contributed by atoms with Gasteiger partial charge in [0.05, 0.1) is 12.2 Å². The third-order valence-corrected chi connectivity index (χ3v) is 3.05. The lowest BCUT2D eigenvalue weighted by Crippen LogP contribution is -2.32. The van der Waals surface area contributed by atoms with Crippen LogP contribution in [0, 0.1) is 0 Å². The molecule has 2 atom stereocenters. The van der Waals surface area contributed by atoms with Gasteiger partial charge in [-0.25, -0.2) is 0 Å². The first kappa shape index (κ1) is 14.7. The van der Waals surface area contributed by atoms with Crippen LogP contribution < -0.4 is 5.32 Å². The van der Waals surface area contributed by atoms with Crippen molar-refractivity contribution in [1.82, 2.24) is 10.2 Å². The number of likely N-dealkylation sites (N-methyl/N-ethyl adjacent to an activating group) is 1. The molecule has 0 aliphatic carbocycles. The van der Waals surface area contributed by atoms with Crippen molar-refractivity contribution >= 4 is 0 Å². The van der Waals surface area contributed by atoms with Crippen molar-refractivity contribution in [3.63, 3.8) is 0 Å². The summed E-state index contributed by atoms with van der Waals surface area (Å²) in [6.07, 6.45) is 4.41. The summed E-state index contributed by atoms with van der Waals surface area (Å²) in [7, 11) is 2.14. The molecule has 2 unspecified atom stereocenters. The summed E-state index contributed by atoms with van der Waals surface area (Å²) in [5.41, 5.74) is 1.21. The molecular formula is C14H28N2O. The molecule has 0 aromatic heterocycles. The highest BCUT2D eigenvalue weighted by Gasteiger charge is 2.25. The highest BCUT2D eigenvalue weighted by Crippen LogP contribution is 2.19. The van der Waals surface area contributed by atoms with Gasteiger partial charge in [-0.3, -0.25) is 4.90 Å². The average molecular weight is 240 g/mol. The normalized spacial score (nSPS) is 24.5. The summed E-state index contributed by atoms with van der Waals surface area (Å²) in [6.45, 7) is 12.3. The Morgan fingerprint density at radius 2 is 2.12 bits per heavy atom. The molecule has 0 saturated carbocycles. The number of nitrogens with zero attached hydrogens (tertiary/aromatic N) is 1. The van der Waals surface area contributed by atoms with Gasteiger partial charge in [0.15, 0.2) is 0 Å². The average Bonchev–Trinajstić information content (AvgIpc) is 2.64.